The highest BCUT2D eigenvalue weighted by atomic mass is 15.1. The molecule has 0 bridgehead atoms. The SMILES string of the molecule is C=C/C(=C\C(=C/C)c1ccc2[nH]nc(-c3nc4ccncc4[nH]3)c2c1)CN1CCCC1. The highest BCUT2D eigenvalue weighted by Gasteiger charge is 2.15. The fourth-order valence-electron chi connectivity index (χ4n) is 4.24. The summed E-state index contributed by atoms with van der Waals surface area (Å²) in [7, 11) is 0. The van der Waals surface area contributed by atoms with Crippen molar-refractivity contribution in [2.75, 3.05) is 19.6 Å². The van der Waals surface area contributed by atoms with Crippen molar-refractivity contribution in [3.63, 3.8) is 0 Å². The Morgan fingerprint density at radius 2 is 2.06 bits per heavy atom. The average molecular weight is 411 g/mol. The minimum Gasteiger partial charge on any atom is -0.335 e. The predicted octanol–water partition coefficient (Wildman–Crippen LogP) is 5.11. The van der Waals surface area contributed by atoms with Gasteiger partial charge in [-0.25, -0.2) is 4.98 Å². The Morgan fingerprint density at radius 3 is 2.84 bits per heavy atom. The van der Waals surface area contributed by atoms with Gasteiger partial charge in [0.2, 0.25) is 0 Å². The molecule has 31 heavy (non-hydrogen) atoms. The van der Waals surface area contributed by atoms with Crippen molar-refractivity contribution in [2.24, 2.45) is 0 Å². The van der Waals surface area contributed by atoms with Gasteiger partial charge in [-0.1, -0.05) is 30.9 Å². The lowest BCUT2D eigenvalue weighted by atomic mass is 10.00. The molecule has 1 saturated heterocycles. The molecule has 4 aromatic rings. The van der Waals surface area contributed by atoms with Crippen LogP contribution in [-0.2, 0) is 0 Å². The maximum Gasteiger partial charge on any atom is 0.159 e. The van der Waals surface area contributed by atoms with Crippen LogP contribution in [0, 0.1) is 0 Å². The van der Waals surface area contributed by atoms with E-state index in [1.165, 1.54) is 37.1 Å². The normalized spacial score (nSPS) is 15.9. The van der Waals surface area contributed by atoms with Crippen molar-refractivity contribution in [2.45, 2.75) is 19.8 Å². The summed E-state index contributed by atoms with van der Waals surface area (Å²) in [6.45, 7) is 9.42. The summed E-state index contributed by atoms with van der Waals surface area (Å²) in [5, 5.41) is 8.71. The number of aromatic amines is 2. The molecule has 6 nitrogen and oxygen atoms in total. The van der Waals surface area contributed by atoms with E-state index < -0.39 is 0 Å². The molecule has 4 heterocycles. The first-order valence-corrected chi connectivity index (χ1v) is 10.8. The predicted molar refractivity (Wildman–Crippen MR) is 127 cm³/mol. The molecule has 3 aromatic heterocycles. The smallest absolute Gasteiger partial charge is 0.159 e. The number of aromatic nitrogens is 5. The zero-order valence-electron chi connectivity index (χ0n) is 17.7. The summed E-state index contributed by atoms with van der Waals surface area (Å²) >= 11 is 0. The zero-order chi connectivity index (χ0) is 21.2. The van der Waals surface area contributed by atoms with E-state index in [2.05, 4.69) is 68.9 Å². The van der Waals surface area contributed by atoms with E-state index in [1.54, 1.807) is 12.4 Å². The monoisotopic (exact) mass is 410 g/mol. The van der Waals surface area contributed by atoms with Gasteiger partial charge in [0.1, 0.15) is 5.69 Å². The van der Waals surface area contributed by atoms with Crippen LogP contribution in [0.4, 0.5) is 0 Å². The Morgan fingerprint density at radius 1 is 1.19 bits per heavy atom. The van der Waals surface area contributed by atoms with Crippen molar-refractivity contribution in [1.82, 2.24) is 30.0 Å². The van der Waals surface area contributed by atoms with Crippen LogP contribution >= 0.6 is 0 Å². The van der Waals surface area contributed by atoms with Gasteiger partial charge in [0.25, 0.3) is 0 Å². The van der Waals surface area contributed by atoms with E-state index in [1.807, 2.05) is 12.1 Å². The number of fused-ring (bicyclic) bond motifs is 2. The van der Waals surface area contributed by atoms with Gasteiger partial charge in [-0.2, -0.15) is 5.10 Å². The van der Waals surface area contributed by atoms with Gasteiger partial charge in [-0.3, -0.25) is 15.0 Å². The summed E-state index contributed by atoms with van der Waals surface area (Å²) in [6.07, 6.45) is 12.5. The van der Waals surface area contributed by atoms with Crippen molar-refractivity contribution < 1.29 is 0 Å². The van der Waals surface area contributed by atoms with Crippen LogP contribution in [0.5, 0.6) is 0 Å². The molecule has 0 unspecified atom stereocenters. The maximum atomic E-state index is 4.70. The second-order valence-electron chi connectivity index (χ2n) is 7.96. The van der Waals surface area contributed by atoms with Gasteiger partial charge >= 0.3 is 0 Å². The molecule has 0 aliphatic carbocycles. The summed E-state index contributed by atoms with van der Waals surface area (Å²) in [6, 6.07) is 8.30. The zero-order valence-corrected chi connectivity index (χ0v) is 17.7. The summed E-state index contributed by atoms with van der Waals surface area (Å²) in [5.74, 6) is 0.741. The van der Waals surface area contributed by atoms with E-state index in [4.69, 9.17) is 4.98 Å². The number of nitrogens with zero attached hydrogens (tertiary/aromatic N) is 4. The highest BCUT2D eigenvalue weighted by molar-refractivity contribution is 5.95. The summed E-state index contributed by atoms with van der Waals surface area (Å²) in [5.41, 5.74) is 7.15. The van der Waals surface area contributed by atoms with E-state index in [0.29, 0.717) is 0 Å². The first kappa shape index (κ1) is 19.5. The summed E-state index contributed by atoms with van der Waals surface area (Å²) in [4.78, 5) is 14.7. The highest BCUT2D eigenvalue weighted by Crippen LogP contribution is 2.29. The van der Waals surface area contributed by atoms with Gasteiger partial charge in [0, 0.05) is 18.1 Å². The second kappa shape index (κ2) is 8.32. The number of hydrogen-bond donors (Lipinski definition) is 2. The number of pyridine rings is 1. The molecular weight excluding hydrogens is 384 g/mol. The van der Waals surface area contributed by atoms with Gasteiger partial charge in [0.15, 0.2) is 5.82 Å². The molecule has 6 heteroatoms. The Balaban J connectivity index is 1.51. The van der Waals surface area contributed by atoms with Gasteiger partial charge in [-0.05, 0) is 67.8 Å². The van der Waals surface area contributed by atoms with Gasteiger partial charge < -0.3 is 4.98 Å². The topological polar surface area (TPSA) is 73.5 Å². The van der Waals surface area contributed by atoms with Crippen molar-refractivity contribution in [3.8, 4) is 11.5 Å². The van der Waals surface area contributed by atoms with Crippen molar-refractivity contribution in [3.05, 3.63) is 72.6 Å². The molecule has 1 aliphatic rings. The number of rotatable bonds is 6. The van der Waals surface area contributed by atoms with Crippen LogP contribution in [0.25, 0.3) is 39.0 Å². The Labute approximate surface area is 181 Å². The molecule has 2 N–H and O–H groups in total. The summed E-state index contributed by atoms with van der Waals surface area (Å²) < 4.78 is 0. The molecule has 1 aliphatic heterocycles. The first-order valence-electron chi connectivity index (χ1n) is 10.8. The Hall–Kier alpha value is -3.51. The van der Waals surface area contributed by atoms with Crippen LogP contribution in [0.15, 0.2) is 67.0 Å². The van der Waals surface area contributed by atoms with Crippen LogP contribution in [0.1, 0.15) is 25.3 Å². The molecule has 1 fully saturated rings. The van der Waals surface area contributed by atoms with Crippen LogP contribution in [0.3, 0.4) is 0 Å². The maximum absolute atomic E-state index is 4.70. The molecular formula is C25H26N6. The fraction of sp³-hybridized carbons (Fsp3) is 0.240. The third-order valence-electron chi connectivity index (χ3n) is 5.92. The Bertz CT molecular complexity index is 1270. The van der Waals surface area contributed by atoms with E-state index in [9.17, 15) is 0 Å². The average Bonchev–Trinajstić information content (AvgIpc) is 3.55. The largest absolute Gasteiger partial charge is 0.335 e. The van der Waals surface area contributed by atoms with Crippen LogP contribution in [-0.4, -0.2) is 49.7 Å². The molecule has 1 aromatic carbocycles. The van der Waals surface area contributed by atoms with Gasteiger partial charge in [-0.15, -0.1) is 0 Å². The number of allylic oxidation sites excluding steroid dienone is 3. The van der Waals surface area contributed by atoms with Crippen molar-refractivity contribution >= 4 is 27.5 Å². The lowest BCUT2D eigenvalue weighted by molar-refractivity contribution is 0.371. The van der Waals surface area contributed by atoms with Crippen LogP contribution < -0.4 is 0 Å². The first-order chi connectivity index (χ1) is 15.2. The minimum atomic E-state index is 0.741. The van der Waals surface area contributed by atoms with E-state index >= 15 is 0 Å². The third-order valence-corrected chi connectivity index (χ3v) is 5.92. The minimum absolute atomic E-state index is 0.741. The lowest BCUT2D eigenvalue weighted by Crippen LogP contribution is -2.21. The molecule has 0 amide bonds. The van der Waals surface area contributed by atoms with E-state index in [-0.39, 0.29) is 0 Å². The molecule has 5 rings (SSSR count). The number of H-pyrrole nitrogens is 2. The number of imidazole rings is 1. The second-order valence-corrected chi connectivity index (χ2v) is 7.96. The van der Waals surface area contributed by atoms with Crippen molar-refractivity contribution in [1.29, 1.82) is 0 Å². The standard InChI is InChI=1S/C25H26N6/c1-3-17(16-31-11-5-6-12-31)13-18(4-2)19-7-8-21-20(14-19)24(30-29-21)25-27-22-9-10-26-15-23(22)28-25/h3-4,7-10,13-15H,1,5-6,11-12,16H2,2H3,(H,27,28)(H,29,30)/b17-13+,18-4+. The molecule has 0 atom stereocenters. The molecule has 0 radical (unpaired) electrons. The molecule has 156 valence electrons. The molecule has 0 spiro atoms. The number of nitrogens with one attached hydrogen (secondary N) is 2. The quantitative estimate of drug-likeness (QED) is 0.433. The lowest BCUT2D eigenvalue weighted by Gasteiger charge is -2.15. The van der Waals surface area contributed by atoms with E-state index in [0.717, 1.165) is 45.6 Å². The number of likely N-dealkylation sites (tertiary alicyclic amines) is 1. The van der Waals surface area contributed by atoms with Crippen LogP contribution in [0.2, 0.25) is 0 Å². The van der Waals surface area contributed by atoms with Gasteiger partial charge in [0.05, 0.1) is 22.7 Å². The third kappa shape index (κ3) is 3.82. The Kier molecular flexibility index (Phi) is 5.22. The number of hydrogen-bond acceptors (Lipinski definition) is 4. The fourth-order valence-corrected chi connectivity index (χ4v) is 4.24. The number of benzene rings is 1. The molecule has 0 saturated carbocycles.